The van der Waals surface area contributed by atoms with E-state index in [2.05, 4.69) is 4.98 Å². The van der Waals surface area contributed by atoms with Gasteiger partial charge in [-0.3, -0.25) is 4.79 Å². The van der Waals surface area contributed by atoms with Crippen molar-refractivity contribution in [3.8, 4) is 11.1 Å². The number of benzene rings is 1. The lowest BCUT2D eigenvalue weighted by molar-refractivity contribution is 0.624. The van der Waals surface area contributed by atoms with Crippen LogP contribution in [0.25, 0.3) is 11.1 Å². The minimum absolute atomic E-state index is 0.0198. The van der Waals surface area contributed by atoms with Crippen LogP contribution in [0.15, 0.2) is 17.1 Å². The van der Waals surface area contributed by atoms with Gasteiger partial charge in [-0.15, -0.1) is 0 Å². The van der Waals surface area contributed by atoms with Crippen LogP contribution < -0.4 is 5.56 Å². The Bertz CT molecular complexity index is 699. The van der Waals surface area contributed by atoms with E-state index in [1.807, 2.05) is 0 Å². The highest BCUT2D eigenvalue weighted by atomic mass is 35.5. The molecule has 0 atom stereocenters. The van der Waals surface area contributed by atoms with Gasteiger partial charge in [0.15, 0.2) is 0 Å². The predicted molar refractivity (Wildman–Crippen MR) is 77.5 cm³/mol. The summed E-state index contributed by atoms with van der Waals surface area (Å²) in [6.45, 7) is 0. The summed E-state index contributed by atoms with van der Waals surface area (Å²) in [7, 11) is 0. The van der Waals surface area contributed by atoms with Crippen LogP contribution in [0.5, 0.6) is 0 Å². The molecule has 8 heteroatoms. The first-order valence-corrected chi connectivity index (χ1v) is 6.63. The summed E-state index contributed by atoms with van der Waals surface area (Å²) in [6.07, 6.45) is 0.890. The van der Waals surface area contributed by atoms with Gasteiger partial charge in [0, 0.05) is 23.4 Å². The number of aromatic amines is 1. The van der Waals surface area contributed by atoms with Crippen molar-refractivity contribution in [2.45, 2.75) is 0 Å². The lowest BCUT2D eigenvalue weighted by Crippen LogP contribution is -2.05. The van der Waals surface area contributed by atoms with Crippen LogP contribution in [0.3, 0.4) is 0 Å². The zero-order chi connectivity index (χ0) is 14.3. The number of hydrogen-bond acceptors (Lipinski definition) is 1. The predicted octanol–water partition coefficient (Wildman–Crippen LogP) is 5.45. The zero-order valence-electron chi connectivity index (χ0n) is 8.83. The normalized spacial score (nSPS) is 10.8. The molecule has 0 aliphatic rings. The fraction of sp³-hybridized carbons (Fsp3) is 0. The maximum atomic E-state index is 13.8. The van der Waals surface area contributed by atoms with Crippen molar-refractivity contribution in [2.75, 3.05) is 0 Å². The van der Waals surface area contributed by atoms with E-state index < -0.39 is 11.4 Å². The molecule has 0 aliphatic carbocycles. The van der Waals surface area contributed by atoms with Gasteiger partial charge >= 0.3 is 0 Å². The van der Waals surface area contributed by atoms with E-state index in [-0.39, 0.29) is 36.2 Å². The first-order chi connectivity index (χ1) is 8.84. The molecule has 0 aliphatic heterocycles. The Hall–Kier alpha value is -0.450. The number of pyridine rings is 1. The first-order valence-electron chi connectivity index (χ1n) is 4.74. The second-order valence-electron chi connectivity index (χ2n) is 3.50. The van der Waals surface area contributed by atoms with Crippen LogP contribution in [0.2, 0.25) is 25.1 Å². The average Bonchev–Trinajstić information content (AvgIpc) is 2.38. The highest BCUT2D eigenvalue weighted by Crippen LogP contribution is 2.48. The molecule has 0 radical (unpaired) electrons. The van der Waals surface area contributed by atoms with Crippen molar-refractivity contribution in [3.63, 3.8) is 0 Å². The van der Waals surface area contributed by atoms with Gasteiger partial charge in [0.25, 0.3) is 0 Å². The van der Waals surface area contributed by atoms with Crippen molar-refractivity contribution in [2.24, 2.45) is 0 Å². The molecule has 0 spiro atoms. The average molecular weight is 361 g/mol. The van der Waals surface area contributed by atoms with Crippen LogP contribution in [-0.2, 0) is 0 Å². The maximum absolute atomic E-state index is 13.8. The van der Waals surface area contributed by atoms with Crippen molar-refractivity contribution < 1.29 is 4.39 Å². The van der Waals surface area contributed by atoms with E-state index in [4.69, 9.17) is 58.0 Å². The van der Waals surface area contributed by atoms with E-state index in [0.29, 0.717) is 0 Å². The summed E-state index contributed by atoms with van der Waals surface area (Å²) < 4.78 is 13.8. The van der Waals surface area contributed by atoms with Crippen LogP contribution in [0.4, 0.5) is 4.39 Å². The Morgan fingerprint density at radius 1 is 0.895 bits per heavy atom. The Morgan fingerprint density at radius 3 is 1.89 bits per heavy atom. The second kappa shape index (κ2) is 5.51. The summed E-state index contributed by atoms with van der Waals surface area (Å²) in [6, 6.07) is 1.00. The molecule has 2 rings (SSSR count). The summed E-state index contributed by atoms with van der Waals surface area (Å²) in [4.78, 5) is 13.5. The Labute approximate surface area is 132 Å². The van der Waals surface area contributed by atoms with Gasteiger partial charge < -0.3 is 4.98 Å². The third kappa shape index (κ3) is 2.58. The third-order valence-corrected chi connectivity index (χ3v) is 4.63. The summed E-state index contributed by atoms with van der Waals surface area (Å²) in [5.74, 6) is -0.724. The largest absolute Gasteiger partial charge is 0.326 e. The second-order valence-corrected chi connectivity index (χ2v) is 5.39. The lowest BCUT2D eigenvalue weighted by Gasteiger charge is -2.12. The minimum atomic E-state index is -0.724. The molecule has 0 unspecified atom stereocenters. The molecule has 1 heterocycles. The highest BCUT2D eigenvalue weighted by Gasteiger charge is 2.22. The number of H-pyrrole nitrogens is 1. The van der Waals surface area contributed by atoms with E-state index in [1.54, 1.807) is 0 Å². The topological polar surface area (TPSA) is 32.9 Å². The standard InChI is InChI=1S/C11H3Cl5FNO/c12-7-6(3-1-5(19)18-2-4(3)17)8(13)10(15)11(16)9(7)14/h1-2H,(H,18,19). The quantitative estimate of drug-likeness (QED) is 0.532. The Morgan fingerprint density at radius 2 is 1.37 bits per heavy atom. The number of hydrogen-bond donors (Lipinski definition) is 1. The fourth-order valence-corrected chi connectivity index (χ4v) is 2.83. The SMILES string of the molecule is O=c1cc(-c2c(Cl)c(Cl)c(Cl)c(Cl)c2Cl)c(F)c[nH]1. The summed E-state index contributed by atoms with van der Waals surface area (Å²) in [5, 5.41) is -0.316. The van der Waals surface area contributed by atoms with Gasteiger partial charge in [0.1, 0.15) is 5.82 Å². The van der Waals surface area contributed by atoms with Gasteiger partial charge in [-0.2, -0.15) is 0 Å². The van der Waals surface area contributed by atoms with Gasteiger partial charge in [-0.05, 0) is 0 Å². The number of nitrogens with one attached hydrogen (secondary N) is 1. The van der Waals surface area contributed by atoms with Crippen molar-refractivity contribution in [1.82, 2.24) is 4.98 Å². The minimum Gasteiger partial charge on any atom is -0.326 e. The maximum Gasteiger partial charge on any atom is 0.248 e. The van der Waals surface area contributed by atoms with Crippen molar-refractivity contribution in [1.29, 1.82) is 0 Å². The summed E-state index contributed by atoms with van der Waals surface area (Å²) in [5.41, 5.74) is -0.615. The van der Waals surface area contributed by atoms with Crippen LogP contribution >= 0.6 is 58.0 Å². The molecule has 2 nitrogen and oxygen atoms in total. The molecule has 0 bridgehead atoms. The smallest absolute Gasteiger partial charge is 0.248 e. The number of halogens is 6. The van der Waals surface area contributed by atoms with Gasteiger partial charge in [-0.25, -0.2) is 4.39 Å². The molecule has 0 amide bonds. The molecular weight excluding hydrogens is 358 g/mol. The van der Waals surface area contributed by atoms with E-state index in [9.17, 15) is 9.18 Å². The van der Waals surface area contributed by atoms with Crippen molar-refractivity contribution in [3.05, 3.63) is 53.5 Å². The molecular formula is C11H3Cl5FNO. The molecule has 1 N–H and O–H groups in total. The molecule has 0 saturated carbocycles. The van der Waals surface area contributed by atoms with Gasteiger partial charge in [0.2, 0.25) is 5.56 Å². The molecule has 2 aromatic rings. The van der Waals surface area contributed by atoms with Crippen LogP contribution in [-0.4, -0.2) is 4.98 Å². The monoisotopic (exact) mass is 359 g/mol. The zero-order valence-corrected chi connectivity index (χ0v) is 12.6. The third-order valence-electron chi connectivity index (χ3n) is 2.35. The Balaban J connectivity index is 2.91. The summed E-state index contributed by atoms with van der Waals surface area (Å²) >= 11 is 29.6. The number of rotatable bonds is 1. The highest BCUT2D eigenvalue weighted by molar-refractivity contribution is 6.56. The van der Waals surface area contributed by atoms with E-state index >= 15 is 0 Å². The van der Waals surface area contributed by atoms with Gasteiger partial charge in [0.05, 0.1) is 25.1 Å². The van der Waals surface area contributed by atoms with Crippen LogP contribution in [0.1, 0.15) is 0 Å². The molecule has 19 heavy (non-hydrogen) atoms. The van der Waals surface area contributed by atoms with E-state index in [0.717, 1.165) is 12.3 Å². The van der Waals surface area contributed by atoms with Crippen molar-refractivity contribution >= 4 is 58.0 Å². The lowest BCUT2D eigenvalue weighted by atomic mass is 10.1. The molecule has 1 aromatic carbocycles. The molecule has 100 valence electrons. The molecule has 0 saturated heterocycles. The van der Waals surface area contributed by atoms with Crippen LogP contribution in [0, 0.1) is 5.82 Å². The van der Waals surface area contributed by atoms with Gasteiger partial charge in [-0.1, -0.05) is 58.0 Å². The fourth-order valence-electron chi connectivity index (χ4n) is 1.49. The first kappa shape index (κ1) is 14.9. The molecule has 0 fully saturated rings. The Kier molecular flexibility index (Phi) is 4.33. The van der Waals surface area contributed by atoms with E-state index in [1.165, 1.54) is 0 Å². The number of aromatic nitrogens is 1. The molecule has 1 aromatic heterocycles.